The number of phenolic OH excluding ortho intramolecular Hbond substituents is 1. The third-order valence-electron chi connectivity index (χ3n) is 6.23. The van der Waals surface area contributed by atoms with Gasteiger partial charge in [0.15, 0.2) is 0 Å². The van der Waals surface area contributed by atoms with E-state index in [1.807, 2.05) is 0 Å². The van der Waals surface area contributed by atoms with Crippen LogP contribution in [-0.4, -0.2) is 93.0 Å². The molecule has 0 aliphatic rings. The van der Waals surface area contributed by atoms with Crippen LogP contribution in [0.4, 0.5) is 0 Å². The number of amides is 6. The number of hydrogen-bond acceptors (Lipinski definition) is 10. The Morgan fingerprint density at radius 2 is 1.11 bits per heavy atom. The van der Waals surface area contributed by atoms with Crippen LogP contribution >= 0.6 is 0 Å². The molecule has 1 aromatic rings. The van der Waals surface area contributed by atoms with E-state index in [9.17, 15) is 48.9 Å². The van der Waals surface area contributed by atoms with E-state index in [0.29, 0.717) is 5.56 Å². The van der Waals surface area contributed by atoms with Crippen molar-refractivity contribution >= 4 is 41.4 Å². The average Bonchev–Trinajstić information content (AvgIpc) is 2.91. The minimum absolute atomic E-state index is 0.0257. The van der Waals surface area contributed by atoms with Gasteiger partial charge in [-0.05, 0) is 37.0 Å². The minimum atomic E-state index is -1.69. The molecule has 6 atom stereocenters. The number of hydrogen-bond donors (Lipinski definition) is 10. The normalized spacial score (nSPS) is 15.0. The number of aliphatic hydroxyl groups excluding tert-OH is 1. The van der Waals surface area contributed by atoms with Gasteiger partial charge in [-0.3, -0.25) is 28.8 Å². The van der Waals surface area contributed by atoms with Crippen molar-refractivity contribution in [2.75, 3.05) is 0 Å². The van der Waals surface area contributed by atoms with Crippen molar-refractivity contribution < 1.29 is 48.9 Å². The van der Waals surface area contributed by atoms with Gasteiger partial charge in [0.1, 0.15) is 36.0 Å². The highest BCUT2D eigenvalue weighted by atomic mass is 16.4. The number of benzene rings is 1. The van der Waals surface area contributed by atoms with Crippen molar-refractivity contribution in [3.05, 3.63) is 29.8 Å². The van der Waals surface area contributed by atoms with Crippen molar-refractivity contribution in [1.29, 1.82) is 0 Å². The molecule has 0 unspecified atom stereocenters. The fraction of sp³-hybridized carbons (Fsp3) is 0.519. The second kappa shape index (κ2) is 17.4. The predicted octanol–water partition coefficient (Wildman–Crippen LogP) is -3.54. The van der Waals surface area contributed by atoms with Crippen LogP contribution in [0.5, 0.6) is 5.75 Å². The summed E-state index contributed by atoms with van der Waals surface area (Å²) in [5.41, 5.74) is 16.5. The molecule has 0 aliphatic carbocycles. The zero-order chi connectivity index (χ0) is 33.7. The van der Waals surface area contributed by atoms with Crippen LogP contribution in [-0.2, 0) is 40.0 Å². The number of carbonyl (C=O) groups is 7. The molecule has 13 N–H and O–H groups in total. The van der Waals surface area contributed by atoms with Crippen LogP contribution in [0.3, 0.4) is 0 Å². The predicted molar refractivity (Wildman–Crippen MR) is 154 cm³/mol. The fourth-order valence-electron chi connectivity index (χ4n) is 3.90. The summed E-state index contributed by atoms with van der Waals surface area (Å²) < 4.78 is 0. The molecule has 0 fully saturated rings. The zero-order valence-electron chi connectivity index (χ0n) is 24.6. The third-order valence-corrected chi connectivity index (χ3v) is 6.23. The van der Waals surface area contributed by atoms with Gasteiger partial charge in [0.05, 0.1) is 18.9 Å². The van der Waals surface area contributed by atoms with Crippen molar-refractivity contribution in [3.8, 4) is 5.75 Å². The highest BCUT2D eigenvalue weighted by molar-refractivity contribution is 5.98. The molecule has 0 bridgehead atoms. The molecule has 17 nitrogen and oxygen atoms in total. The van der Waals surface area contributed by atoms with E-state index in [1.54, 1.807) is 13.8 Å². The molecule has 0 heterocycles. The lowest BCUT2D eigenvalue weighted by Crippen LogP contribution is -2.60. The second-order valence-electron chi connectivity index (χ2n) is 10.7. The SMILES string of the molecule is CC(C)C[C@H](NC(=O)[C@H](CC(N)=O)NC(=O)[C@H](CC(N)=O)NC(=O)[C@@H](N)[C@@H](C)O)C(=O)N[C@@H](Cc1ccc(O)cc1)C(=O)O. The van der Waals surface area contributed by atoms with Gasteiger partial charge in [-0.1, -0.05) is 26.0 Å². The summed E-state index contributed by atoms with van der Waals surface area (Å²) in [5.74, 6) is -7.67. The highest BCUT2D eigenvalue weighted by Gasteiger charge is 2.33. The monoisotopic (exact) mass is 623 g/mol. The van der Waals surface area contributed by atoms with Gasteiger partial charge in [0.2, 0.25) is 35.4 Å². The van der Waals surface area contributed by atoms with E-state index in [2.05, 4.69) is 21.3 Å². The van der Waals surface area contributed by atoms with E-state index in [1.165, 1.54) is 31.2 Å². The van der Waals surface area contributed by atoms with Crippen LogP contribution in [0.25, 0.3) is 0 Å². The second-order valence-corrected chi connectivity index (χ2v) is 10.7. The van der Waals surface area contributed by atoms with Gasteiger partial charge in [0, 0.05) is 6.42 Å². The Balaban J connectivity index is 3.16. The van der Waals surface area contributed by atoms with Crippen molar-refractivity contribution in [2.45, 2.75) is 82.8 Å². The first-order chi connectivity index (χ1) is 20.4. The van der Waals surface area contributed by atoms with E-state index in [0.717, 1.165) is 0 Å². The Morgan fingerprint density at radius 3 is 1.52 bits per heavy atom. The van der Waals surface area contributed by atoms with Crippen LogP contribution in [0, 0.1) is 5.92 Å². The van der Waals surface area contributed by atoms with Crippen LogP contribution in [0.15, 0.2) is 24.3 Å². The summed E-state index contributed by atoms with van der Waals surface area (Å²) in [7, 11) is 0. The van der Waals surface area contributed by atoms with Crippen LogP contribution in [0.2, 0.25) is 0 Å². The maximum Gasteiger partial charge on any atom is 0.326 e. The number of carboxylic acids is 1. The standard InChI is InChI=1S/C27H41N7O10/c1-12(2)8-16(23(39)34-19(27(43)44)9-14-4-6-15(36)7-5-14)31-24(40)17(10-20(28)37)32-25(41)18(11-21(29)38)33-26(42)22(30)13(3)35/h4-7,12-13,16-19,22,35-36H,8-11,30H2,1-3H3,(H2,28,37)(H2,29,38)(H,31,40)(H,32,41)(H,33,42)(H,34,39)(H,43,44)/t13-,16+,17+,18+,19+,22+/m1/s1. The molecule has 0 aliphatic heterocycles. The number of carboxylic acid groups (broad SMARTS) is 1. The smallest absolute Gasteiger partial charge is 0.326 e. The first-order valence-corrected chi connectivity index (χ1v) is 13.6. The molecular formula is C27H41N7O10. The van der Waals surface area contributed by atoms with E-state index in [4.69, 9.17) is 17.2 Å². The number of phenols is 1. The van der Waals surface area contributed by atoms with Gasteiger partial charge < -0.3 is 53.8 Å². The summed E-state index contributed by atoms with van der Waals surface area (Å²) in [6.07, 6.45) is -2.92. The Kier molecular flexibility index (Phi) is 14.7. The van der Waals surface area contributed by atoms with Gasteiger partial charge in [0.25, 0.3) is 0 Å². The number of carbonyl (C=O) groups excluding carboxylic acids is 6. The first kappa shape index (κ1) is 37.3. The molecule has 0 spiro atoms. The van der Waals surface area contributed by atoms with Gasteiger partial charge >= 0.3 is 5.97 Å². The van der Waals surface area contributed by atoms with Gasteiger partial charge in [-0.15, -0.1) is 0 Å². The maximum absolute atomic E-state index is 13.2. The maximum atomic E-state index is 13.2. The van der Waals surface area contributed by atoms with E-state index in [-0.39, 0.29) is 24.5 Å². The Bertz CT molecular complexity index is 1210. The lowest BCUT2D eigenvalue weighted by molar-refractivity contribution is -0.142. The van der Waals surface area contributed by atoms with Crippen LogP contribution < -0.4 is 38.5 Å². The van der Waals surface area contributed by atoms with Crippen molar-refractivity contribution in [2.24, 2.45) is 23.1 Å². The molecule has 6 amide bonds. The number of primary amides is 2. The Labute approximate surface area is 253 Å². The minimum Gasteiger partial charge on any atom is -0.508 e. The summed E-state index contributed by atoms with van der Waals surface area (Å²) in [5, 5.41) is 37.8. The zero-order valence-corrected chi connectivity index (χ0v) is 24.6. The summed E-state index contributed by atoms with van der Waals surface area (Å²) in [6.45, 7) is 4.68. The Morgan fingerprint density at radius 1 is 0.705 bits per heavy atom. The van der Waals surface area contributed by atoms with E-state index < -0.39 is 90.6 Å². The number of nitrogens with two attached hydrogens (primary N) is 3. The lowest BCUT2D eigenvalue weighted by Gasteiger charge is -2.26. The molecule has 17 heteroatoms. The molecule has 0 radical (unpaired) electrons. The van der Waals surface area contributed by atoms with Gasteiger partial charge in [-0.2, -0.15) is 0 Å². The number of aliphatic hydroxyl groups is 1. The summed E-state index contributed by atoms with van der Waals surface area (Å²) >= 11 is 0. The van der Waals surface area contributed by atoms with Crippen molar-refractivity contribution in [3.63, 3.8) is 0 Å². The average molecular weight is 624 g/mol. The van der Waals surface area contributed by atoms with Gasteiger partial charge in [-0.25, -0.2) is 4.79 Å². The quantitative estimate of drug-likeness (QED) is 0.0763. The first-order valence-electron chi connectivity index (χ1n) is 13.6. The summed E-state index contributed by atoms with van der Waals surface area (Å²) in [6, 6.07) is -1.87. The summed E-state index contributed by atoms with van der Waals surface area (Å²) in [4.78, 5) is 86.8. The highest BCUT2D eigenvalue weighted by Crippen LogP contribution is 2.13. The Hall–Kier alpha value is -4.77. The number of nitrogens with one attached hydrogen (secondary N) is 4. The number of aliphatic carboxylic acids is 1. The molecule has 1 aromatic carbocycles. The number of aromatic hydroxyl groups is 1. The topological polar surface area (TPSA) is 306 Å². The van der Waals surface area contributed by atoms with Crippen LogP contribution in [0.1, 0.15) is 45.6 Å². The van der Waals surface area contributed by atoms with E-state index >= 15 is 0 Å². The number of rotatable bonds is 18. The van der Waals surface area contributed by atoms with Crippen molar-refractivity contribution in [1.82, 2.24) is 21.3 Å². The molecule has 244 valence electrons. The molecule has 0 saturated carbocycles. The molecule has 0 saturated heterocycles. The largest absolute Gasteiger partial charge is 0.508 e. The molecule has 1 rings (SSSR count). The molecule has 44 heavy (non-hydrogen) atoms. The molecular weight excluding hydrogens is 582 g/mol. The fourth-order valence-corrected chi connectivity index (χ4v) is 3.90. The molecule has 0 aromatic heterocycles. The third kappa shape index (κ3) is 13.0. The lowest BCUT2D eigenvalue weighted by atomic mass is 10.0.